The van der Waals surface area contributed by atoms with Gasteiger partial charge in [-0.15, -0.1) is 0 Å². The zero-order valence-corrected chi connectivity index (χ0v) is 16.0. The molecule has 1 aromatic carbocycles. The fraction of sp³-hybridized carbons (Fsp3) is 0.286. The first-order chi connectivity index (χ1) is 13.1. The van der Waals surface area contributed by atoms with Crippen LogP contribution in [0, 0.1) is 0 Å². The molecule has 0 atom stereocenters. The van der Waals surface area contributed by atoms with Crippen molar-refractivity contribution in [2.24, 2.45) is 0 Å². The van der Waals surface area contributed by atoms with E-state index < -0.39 is 0 Å². The van der Waals surface area contributed by atoms with Crippen LogP contribution in [-0.4, -0.2) is 34.6 Å². The molecule has 0 saturated heterocycles. The van der Waals surface area contributed by atoms with Crippen LogP contribution in [0.2, 0.25) is 0 Å². The number of likely N-dealkylation sites (N-methyl/N-ethyl adjacent to an activating group) is 1. The average Bonchev–Trinajstić information content (AvgIpc) is 2.68. The van der Waals surface area contributed by atoms with Gasteiger partial charge in [0.15, 0.2) is 0 Å². The lowest BCUT2D eigenvalue weighted by Crippen LogP contribution is -2.22. The zero-order chi connectivity index (χ0) is 19.1. The molecule has 6 nitrogen and oxygen atoms in total. The predicted molar refractivity (Wildman–Crippen MR) is 109 cm³/mol. The maximum Gasteiger partial charge on any atom is 0.227 e. The molecule has 0 bridgehead atoms. The van der Waals surface area contributed by atoms with Gasteiger partial charge in [-0.1, -0.05) is 12.1 Å². The number of aromatic nitrogens is 3. The van der Waals surface area contributed by atoms with Crippen LogP contribution < -0.4 is 15.0 Å². The molecule has 140 valence electrons. The normalized spacial score (nSPS) is 10.7. The molecule has 27 heavy (non-hydrogen) atoms. The molecule has 0 aliphatic carbocycles. The van der Waals surface area contributed by atoms with E-state index in [0.29, 0.717) is 5.95 Å². The Kier molecular flexibility index (Phi) is 6.20. The summed E-state index contributed by atoms with van der Waals surface area (Å²) in [7, 11) is 2.00. The molecule has 0 amide bonds. The largest absolute Gasteiger partial charge is 0.489 e. The molecule has 0 spiro atoms. The van der Waals surface area contributed by atoms with Crippen molar-refractivity contribution >= 4 is 17.5 Å². The van der Waals surface area contributed by atoms with E-state index in [-0.39, 0.29) is 6.10 Å². The second-order valence-electron chi connectivity index (χ2n) is 6.56. The second-order valence-corrected chi connectivity index (χ2v) is 6.56. The number of benzene rings is 1. The van der Waals surface area contributed by atoms with Crippen molar-refractivity contribution in [2.75, 3.05) is 23.8 Å². The molecule has 0 fully saturated rings. The van der Waals surface area contributed by atoms with Crippen LogP contribution in [-0.2, 0) is 6.42 Å². The molecular formula is C21H25N5O. The predicted octanol–water partition coefficient (Wildman–Crippen LogP) is 4.08. The van der Waals surface area contributed by atoms with E-state index >= 15 is 0 Å². The van der Waals surface area contributed by atoms with Crippen LogP contribution in [0.5, 0.6) is 5.75 Å². The Labute approximate surface area is 160 Å². The number of para-hydroxylation sites is 2. The SMILES string of the molecule is CC(C)Oc1ccccc1Nc1ccnc(N(C)CCc2ccncc2)n1. The van der Waals surface area contributed by atoms with Crippen molar-refractivity contribution in [3.05, 3.63) is 66.6 Å². The van der Waals surface area contributed by atoms with Gasteiger partial charge in [-0.3, -0.25) is 4.98 Å². The fourth-order valence-corrected chi connectivity index (χ4v) is 2.61. The number of nitrogens with zero attached hydrogens (tertiary/aromatic N) is 4. The summed E-state index contributed by atoms with van der Waals surface area (Å²) in [5, 5.41) is 3.34. The molecule has 6 heteroatoms. The van der Waals surface area contributed by atoms with E-state index in [2.05, 4.69) is 20.3 Å². The summed E-state index contributed by atoms with van der Waals surface area (Å²) < 4.78 is 5.86. The molecule has 0 aliphatic heterocycles. The average molecular weight is 363 g/mol. The number of nitrogens with one attached hydrogen (secondary N) is 1. The Bertz CT molecular complexity index is 854. The highest BCUT2D eigenvalue weighted by molar-refractivity contribution is 5.64. The molecule has 0 saturated carbocycles. The first kappa shape index (κ1) is 18.6. The molecule has 2 aromatic heterocycles. The van der Waals surface area contributed by atoms with Gasteiger partial charge in [0.2, 0.25) is 5.95 Å². The van der Waals surface area contributed by atoms with Crippen molar-refractivity contribution in [1.29, 1.82) is 0 Å². The minimum absolute atomic E-state index is 0.105. The Balaban J connectivity index is 1.68. The Hall–Kier alpha value is -3.15. The second kappa shape index (κ2) is 8.98. The van der Waals surface area contributed by atoms with E-state index in [1.54, 1.807) is 6.20 Å². The molecule has 2 heterocycles. The third-order valence-electron chi connectivity index (χ3n) is 3.98. The van der Waals surface area contributed by atoms with E-state index in [4.69, 9.17) is 4.74 Å². The van der Waals surface area contributed by atoms with Crippen LogP contribution in [0.3, 0.4) is 0 Å². The van der Waals surface area contributed by atoms with E-state index in [9.17, 15) is 0 Å². The van der Waals surface area contributed by atoms with Crippen molar-refractivity contribution in [1.82, 2.24) is 15.0 Å². The van der Waals surface area contributed by atoms with Crippen LogP contribution in [0.4, 0.5) is 17.5 Å². The maximum absolute atomic E-state index is 5.86. The summed E-state index contributed by atoms with van der Waals surface area (Å²) in [6.45, 7) is 4.84. The van der Waals surface area contributed by atoms with Gasteiger partial charge in [-0.2, -0.15) is 4.98 Å². The van der Waals surface area contributed by atoms with Crippen molar-refractivity contribution in [3.8, 4) is 5.75 Å². The fourth-order valence-electron chi connectivity index (χ4n) is 2.61. The third kappa shape index (κ3) is 5.41. The number of rotatable bonds is 8. The molecule has 1 N–H and O–H groups in total. The summed E-state index contributed by atoms with van der Waals surface area (Å²) >= 11 is 0. The highest BCUT2D eigenvalue weighted by Crippen LogP contribution is 2.27. The van der Waals surface area contributed by atoms with Crippen LogP contribution in [0.25, 0.3) is 0 Å². The molecule has 3 rings (SSSR count). The van der Waals surface area contributed by atoms with Crippen LogP contribution in [0.15, 0.2) is 61.1 Å². The number of anilines is 3. The topological polar surface area (TPSA) is 63.2 Å². The zero-order valence-electron chi connectivity index (χ0n) is 16.0. The van der Waals surface area contributed by atoms with Crippen molar-refractivity contribution < 1.29 is 4.74 Å². The lowest BCUT2D eigenvalue weighted by atomic mass is 10.2. The minimum atomic E-state index is 0.105. The van der Waals surface area contributed by atoms with Crippen molar-refractivity contribution in [2.45, 2.75) is 26.4 Å². The molecule has 0 unspecified atom stereocenters. The van der Waals surface area contributed by atoms with Crippen molar-refractivity contribution in [3.63, 3.8) is 0 Å². The standard InChI is InChI=1S/C21H25N5O/c1-16(2)27-19-7-5-4-6-18(19)24-20-10-14-23-21(25-20)26(3)15-11-17-8-12-22-13-9-17/h4-10,12-14,16H,11,15H2,1-3H3,(H,23,24,25). The molecular weight excluding hydrogens is 338 g/mol. The van der Waals surface area contributed by atoms with Crippen LogP contribution in [0.1, 0.15) is 19.4 Å². The number of hydrogen-bond acceptors (Lipinski definition) is 6. The lowest BCUT2D eigenvalue weighted by Gasteiger charge is -2.18. The van der Waals surface area contributed by atoms with Gasteiger partial charge >= 0.3 is 0 Å². The maximum atomic E-state index is 5.86. The van der Waals surface area contributed by atoms with Gasteiger partial charge in [-0.25, -0.2) is 4.98 Å². The Morgan fingerprint density at radius 2 is 1.81 bits per heavy atom. The molecule has 0 aliphatic rings. The first-order valence-electron chi connectivity index (χ1n) is 9.07. The summed E-state index contributed by atoms with van der Waals surface area (Å²) in [5.41, 5.74) is 2.13. The quantitative estimate of drug-likeness (QED) is 0.651. The number of hydrogen-bond donors (Lipinski definition) is 1. The third-order valence-corrected chi connectivity index (χ3v) is 3.98. The van der Waals surface area contributed by atoms with Gasteiger partial charge < -0.3 is 15.0 Å². The Morgan fingerprint density at radius 1 is 1.04 bits per heavy atom. The van der Waals surface area contributed by atoms with E-state index in [0.717, 1.165) is 30.2 Å². The Morgan fingerprint density at radius 3 is 2.59 bits per heavy atom. The van der Waals surface area contributed by atoms with Gasteiger partial charge in [0.25, 0.3) is 0 Å². The smallest absolute Gasteiger partial charge is 0.227 e. The van der Waals surface area contributed by atoms with Crippen LogP contribution >= 0.6 is 0 Å². The lowest BCUT2D eigenvalue weighted by molar-refractivity contribution is 0.244. The monoisotopic (exact) mass is 363 g/mol. The van der Waals surface area contributed by atoms with Gasteiger partial charge in [0.1, 0.15) is 11.6 Å². The summed E-state index contributed by atoms with van der Waals surface area (Å²) in [6.07, 6.45) is 6.40. The summed E-state index contributed by atoms with van der Waals surface area (Å²) in [6, 6.07) is 13.8. The summed E-state index contributed by atoms with van der Waals surface area (Å²) in [4.78, 5) is 15.1. The molecule has 3 aromatic rings. The van der Waals surface area contributed by atoms with Gasteiger partial charge in [0.05, 0.1) is 11.8 Å². The highest BCUT2D eigenvalue weighted by atomic mass is 16.5. The summed E-state index contributed by atoms with van der Waals surface area (Å²) in [5.74, 6) is 2.21. The highest BCUT2D eigenvalue weighted by Gasteiger charge is 2.09. The van der Waals surface area contributed by atoms with Gasteiger partial charge in [0, 0.05) is 32.2 Å². The van der Waals surface area contributed by atoms with E-state index in [1.807, 2.05) is 80.7 Å². The van der Waals surface area contributed by atoms with E-state index in [1.165, 1.54) is 5.56 Å². The number of pyridine rings is 1. The number of ether oxygens (including phenoxy) is 1. The van der Waals surface area contributed by atoms with Gasteiger partial charge in [-0.05, 0) is 56.2 Å². The molecule has 0 radical (unpaired) electrons. The first-order valence-corrected chi connectivity index (χ1v) is 9.07. The minimum Gasteiger partial charge on any atom is -0.489 e.